The summed E-state index contributed by atoms with van der Waals surface area (Å²) in [6, 6.07) is 5.17. The fourth-order valence-electron chi connectivity index (χ4n) is 2.85. The van der Waals surface area contributed by atoms with Crippen molar-refractivity contribution < 1.29 is 4.42 Å². The fraction of sp³-hybridized carbons (Fsp3) is 0.211. The van der Waals surface area contributed by atoms with Gasteiger partial charge in [0.05, 0.1) is 11.0 Å². The largest absolute Gasteiger partial charge is 0.455 e. The highest BCUT2D eigenvalue weighted by Gasteiger charge is 2.20. The molecule has 1 atom stereocenters. The molecule has 0 bridgehead atoms. The molecule has 25 heavy (non-hydrogen) atoms. The van der Waals surface area contributed by atoms with Crippen LogP contribution in [-0.4, -0.2) is 9.97 Å². The van der Waals surface area contributed by atoms with E-state index >= 15 is 0 Å². The van der Waals surface area contributed by atoms with Crippen LogP contribution < -0.4 is 16.9 Å². The van der Waals surface area contributed by atoms with Crippen LogP contribution in [0.15, 0.2) is 46.0 Å². The Bertz CT molecular complexity index is 1020. The van der Waals surface area contributed by atoms with Gasteiger partial charge in [-0.15, -0.1) is 0 Å². The van der Waals surface area contributed by atoms with Gasteiger partial charge in [0, 0.05) is 35.8 Å². The molecule has 2 heterocycles. The first-order valence-corrected chi connectivity index (χ1v) is 7.97. The fourth-order valence-corrected chi connectivity index (χ4v) is 2.85. The molecule has 4 N–H and O–H groups in total. The maximum atomic E-state index is 12.9. The molecule has 0 saturated carbocycles. The van der Waals surface area contributed by atoms with Crippen molar-refractivity contribution in [1.82, 2.24) is 9.97 Å². The van der Waals surface area contributed by atoms with Gasteiger partial charge in [-0.1, -0.05) is 6.07 Å². The third kappa shape index (κ3) is 2.92. The number of hydrogen-bond donors (Lipinski definition) is 2. The van der Waals surface area contributed by atoms with Crippen molar-refractivity contribution in [2.45, 2.75) is 26.8 Å². The van der Waals surface area contributed by atoms with E-state index in [1.165, 1.54) is 6.20 Å². The lowest BCUT2D eigenvalue weighted by Gasteiger charge is -2.14. The molecule has 1 aromatic carbocycles. The van der Waals surface area contributed by atoms with Crippen molar-refractivity contribution in [2.75, 3.05) is 0 Å². The minimum absolute atomic E-state index is 0.114. The Hall–Kier alpha value is -2.99. The number of aromatic nitrogens is 2. The second-order valence-electron chi connectivity index (χ2n) is 6.06. The quantitative estimate of drug-likeness (QED) is 0.761. The zero-order chi connectivity index (χ0) is 18.1. The normalized spacial score (nSPS) is 13.2. The van der Waals surface area contributed by atoms with Gasteiger partial charge in [0.15, 0.2) is 11.3 Å². The second kappa shape index (κ2) is 6.49. The third-order valence-corrected chi connectivity index (χ3v) is 4.10. The van der Waals surface area contributed by atoms with E-state index in [9.17, 15) is 4.79 Å². The predicted molar refractivity (Wildman–Crippen MR) is 97.9 cm³/mol. The van der Waals surface area contributed by atoms with E-state index in [-0.39, 0.29) is 11.5 Å². The SMILES string of the molecule is Cc1cc(C(C)N)c2oc(/C(=C/N)c3ncccn3)c(C)c(=O)c2c1. The van der Waals surface area contributed by atoms with Gasteiger partial charge in [0.1, 0.15) is 11.3 Å². The van der Waals surface area contributed by atoms with Crippen molar-refractivity contribution in [2.24, 2.45) is 11.5 Å². The molecule has 3 rings (SSSR count). The zero-order valence-electron chi connectivity index (χ0n) is 14.4. The van der Waals surface area contributed by atoms with Crippen LogP contribution in [0.5, 0.6) is 0 Å². The van der Waals surface area contributed by atoms with E-state index in [1.54, 1.807) is 25.4 Å². The van der Waals surface area contributed by atoms with Crippen LogP contribution in [0.25, 0.3) is 16.5 Å². The Kier molecular flexibility index (Phi) is 4.37. The highest BCUT2D eigenvalue weighted by molar-refractivity contribution is 5.85. The van der Waals surface area contributed by atoms with E-state index in [1.807, 2.05) is 26.0 Å². The van der Waals surface area contributed by atoms with Crippen molar-refractivity contribution >= 4 is 16.5 Å². The van der Waals surface area contributed by atoms with Crippen LogP contribution in [-0.2, 0) is 0 Å². The van der Waals surface area contributed by atoms with Crippen LogP contribution in [0.1, 0.15) is 41.2 Å². The molecule has 0 fully saturated rings. The molecule has 0 amide bonds. The van der Waals surface area contributed by atoms with Gasteiger partial charge in [-0.3, -0.25) is 4.79 Å². The van der Waals surface area contributed by atoms with Gasteiger partial charge in [0.25, 0.3) is 0 Å². The minimum atomic E-state index is -0.278. The highest BCUT2D eigenvalue weighted by Crippen LogP contribution is 2.29. The van der Waals surface area contributed by atoms with E-state index in [2.05, 4.69) is 9.97 Å². The Morgan fingerprint density at radius 1 is 1.24 bits per heavy atom. The molecule has 0 aliphatic heterocycles. The molecule has 0 spiro atoms. The summed E-state index contributed by atoms with van der Waals surface area (Å²) in [7, 11) is 0. The highest BCUT2D eigenvalue weighted by atomic mass is 16.3. The average Bonchev–Trinajstić information content (AvgIpc) is 2.60. The molecular weight excluding hydrogens is 316 g/mol. The molecule has 2 aromatic heterocycles. The first-order chi connectivity index (χ1) is 11.9. The van der Waals surface area contributed by atoms with Crippen LogP contribution in [0.3, 0.4) is 0 Å². The van der Waals surface area contributed by atoms with Gasteiger partial charge < -0.3 is 15.9 Å². The summed E-state index contributed by atoms with van der Waals surface area (Å²) in [5.74, 6) is 0.752. The van der Waals surface area contributed by atoms with E-state index < -0.39 is 0 Å². The number of fused-ring (bicyclic) bond motifs is 1. The molecule has 128 valence electrons. The van der Waals surface area contributed by atoms with Gasteiger partial charge in [0.2, 0.25) is 0 Å². The molecule has 0 aliphatic rings. The van der Waals surface area contributed by atoms with Crippen molar-refractivity contribution in [3.05, 3.63) is 75.3 Å². The molecular formula is C19H20N4O2. The third-order valence-electron chi connectivity index (χ3n) is 4.10. The van der Waals surface area contributed by atoms with Crippen LogP contribution in [0.2, 0.25) is 0 Å². The van der Waals surface area contributed by atoms with E-state index in [0.717, 1.165) is 11.1 Å². The Balaban J connectivity index is 2.38. The molecule has 1 unspecified atom stereocenters. The van der Waals surface area contributed by atoms with Crippen molar-refractivity contribution in [3.63, 3.8) is 0 Å². The lowest BCUT2D eigenvalue weighted by molar-refractivity contribution is 0.571. The summed E-state index contributed by atoms with van der Waals surface area (Å²) in [6.07, 6.45) is 4.57. The smallest absolute Gasteiger partial charge is 0.196 e. The summed E-state index contributed by atoms with van der Waals surface area (Å²) in [5, 5.41) is 0.513. The van der Waals surface area contributed by atoms with E-state index in [0.29, 0.717) is 33.7 Å². The van der Waals surface area contributed by atoms with Crippen LogP contribution in [0.4, 0.5) is 0 Å². The Labute approximate surface area is 145 Å². The molecule has 6 heteroatoms. The maximum Gasteiger partial charge on any atom is 0.196 e. The van der Waals surface area contributed by atoms with Crippen LogP contribution in [0, 0.1) is 13.8 Å². The summed E-state index contributed by atoms with van der Waals surface area (Å²) in [5.41, 5.74) is 14.9. The predicted octanol–water partition coefficient (Wildman–Crippen LogP) is 2.57. The molecule has 0 saturated heterocycles. The Morgan fingerprint density at radius 3 is 2.52 bits per heavy atom. The number of nitrogens with zero attached hydrogens (tertiary/aromatic N) is 2. The van der Waals surface area contributed by atoms with Gasteiger partial charge >= 0.3 is 0 Å². The summed E-state index contributed by atoms with van der Waals surface area (Å²) >= 11 is 0. The number of hydrogen-bond acceptors (Lipinski definition) is 6. The van der Waals surface area contributed by atoms with Gasteiger partial charge in [-0.2, -0.15) is 0 Å². The summed E-state index contributed by atoms with van der Waals surface area (Å²) in [4.78, 5) is 21.3. The first kappa shape index (κ1) is 16.9. The Morgan fingerprint density at radius 2 is 1.92 bits per heavy atom. The summed E-state index contributed by atoms with van der Waals surface area (Å²) in [6.45, 7) is 5.49. The average molecular weight is 336 g/mol. The van der Waals surface area contributed by atoms with Gasteiger partial charge in [-0.05, 0) is 38.5 Å². The van der Waals surface area contributed by atoms with E-state index in [4.69, 9.17) is 15.9 Å². The molecule has 0 aliphatic carbocycles. The lowest BCUT2D eigenvalue weighted by atomic mass is 9.99. The lowest BCUT2D eigenvalue weighted by Crippen LogP contribution is -2.14. The minimum Gasteiger partial charge on any atom is -0.455 e. The number of rotatable bonds is 3. The topological polar surface area (TPSA) is 108 Å². The monoisotopic (exact) mass is 336 g/mol. The van der Waals surface area contributed by atoms with Crippen molar-refractivity contribution in [1.29, 1.82) is 0 Å². The number of aryl methyl sites for hydroxylation is 1. The van der Waals surface area contributed by atoms with Crippen molar-refractivity contribution in [3.8, 4) is 0 Å². The number of benzene rings is 1. The molecule has 6 nitrogen and oxygen atoms in total. The van der Waals surface area contributed by atoms with Crippen LogP contribution >= 0.6 is 0 Å². The first-order valence-electron chi connectivity index (χ1n) is 7.97. The number of nitrogens with two attached hydrogens (primary N) is 2. The molecule has 3 aromatic rings. The second-order valence-corrected chi connectivity index (χ2v) is 6.06. The maximum absolute atomic E-state index is 12.9. The standard InChI is InChI=1S/C19H20N4O2/c1-10-7-13(12(3)21)18-14(8-10)16(24)11(2)17(25-18)15(9-20)19-22-5-4-6-23-19/h4-9,12H,20-21H2,1-3H3/b15-9-. The molecule has 0 radical (unpaired) electrons. The summed E-state index contributed by atoms with van der Waals surface area (Å²) < 4.78 is 6.12. The zero-order valence-corrected chi connectivity index (χ0v) is 14.4. The van der Waals surface area contributed by atoms with Gasteiger partial charge in [-0.25, -0.2) is 9.97 Å².